The molecule has 0 bridgehead atoms. The van der Waals surface area contributed by atoms with Crippen LogP contribution in [0.1, 0.15) is 23.7 Å². The maximum atomic E-state index is 11.6. The van der Waals surface area contributed by atoms with Crippen LogP contribution in [0.4, 0.5) is 0 Å². The lowest BCUT2D eigenvalue weighted by Gasteiger charge is -2.12. The second-order valence-electron chi connectivity index (χ2n) is 4.15. The molecule has 0 aliphatic heterocycles. The van der Waals surface area contributed by atoms with Gasteiger partial charge in [-0.15, -0.1) is 6.58 Å². The maximum Gasteiger partial charge on any atom is 0.163 e. The molecule has 0 heterocycles. The van der Waals surface area contributed by atoms with E-state index in [0.29, 0.717) is 17.9 Å². The van der Waals surface area contributed by atoms with Gasteiger partial charge in [0.2, 0.25) is 0 Å². The summed E-state index contributed by atoms with van der Waals surface area (Å²) in [5.41, 5.74) is 0.637. The lowest BCUT2D eigenvalue weighted by Crippen LogP contribution is -2.03. The number of fused-ring (bicyclic) bond motifs is 1. The molecule has 0 aliphatic carbocycles. The molecule has 2 heteroatoms. The molecule has 92 valence electrons. The predicted octanol–water partition coefficient (Wildman–Crippen LogP) is 4.00. The Morgan fingerprint density at radius 1 is 1.28 bits per heavy atom. The van der Waals surface area contributed by atoms with Crippen molar-refractivity contribution in [1.82, 2.24) is 0 Å². The van der Waals surface area contributed by atoms with Gasteiger partial charge in [-0.2, -0.15) is 0 Å². The second kappa shape index (κ2) is 5.50. The minimum absolute atomic E-state index is 0.0226. The van der Waals surface area contributed by atoms with Gasteiger partial charge in [-0.25, -0.2) is 0 Å². The molecule has 2 rings (SSSR count). The first kappa shape index (κ1) is 12.4. The van der Waals surface area contributed by atoms with E-state index in [2.05, 4.69) is 6.58 Å². The van der Waals surface area contributed by atoms with Crippen LogP contribution in [0.15, 0.2) is 49.1 Å². The van der Waals surface area contributed by atoms with E-state index >= 15 is 0 Å². The van der Waals surface area contributed by atoms with Crippen molar-refractivity contribution in [3.8, 4) is 5.75 Å². The fourth-order valence-electron chi connectivity index (χ4n) is 1.92. The van der Waals surface area contributed by atoms with Crippen LogP contribution >= 0.6 is 0 Å². The summed E-state index contributed by atoms with van der Waals surface area (Å²) in [4.78, 5) is 11.6. The zero-order valence-electron chi connectivity index (χ0n) is 10.5. The Morgan fingerprint density at radius 3 is 2.78 bits per heavy atom. The van der Waals surface area contributed by atoms with E-state index in [1.165, 1.54) is 0 Å². The largest absolute Gasteiger partial charge is 0.492 e. The first-order chi connectivity index (χ1) is 8.74. The van der Waals surface area contributed by atoms with E-state index in [0.717, 1.165) is 17.2 Å². The Morgan fingerprint density at radius 2 is 2.06 bits per heavy atom. The molecule has 2 aromatic carbocycles. The van der Waals surface area contributed by atoms with Crippen LogP contribution in [0.3, 0.4) is 0 Å². The first-order valence-electron chi connectivity index (χ1n) is 6.00. The van der Waals surface area contributed by atoms with Crippen molar-refractivity contribution in [2.45, 2.75) is 13.3 Å². The van der Waals surface area contributed by atoms with Crippen molar-refractivity contribution in [1.29, 1.82) is 0 Å². The standard InChI is InChI=1S/C16H16O2/c1-3-4-11-18-16-14(12(2)17)10-9-13-7-5-6-8-15(13)16/h3,5-10H,1,4,11H2,2H3. The van der Waals surface area contributed by atoms with Crippen molar-refractivity contribution < 1.29 is 9.53 Å². The van der Waals surface area contributed by atoms with E-state index in [4.69, 9.17) is 4.74 Å². The minimum Gasteiger partial charge on any atom is -0.492 e. The van der Waals surface area contributed by atoms with Gasteiger partial charge in [0.1, 0.15) is 5.75 Å². The highest BCUT2D eigenvalue weighted by atomic mass is 16.5. The van der Waals surface area contributed by atoms with E-state index < -0.39 is 0 Å². The van der Waals surface area contributed by atoms with Gasteiger partial charge in [0.05, 0.1) is 12.2 Å². The number of rotatable bonds is 5. The monoisotopic (exact) mass is 240 g/mol. The second-order valence-corrected chi connectivity index (χ2v) is 4.15. The summed E-state index contributed by atoms with van der Waals surface area (Å²) in [6.45, 7) is 5.76. The number of ether oxygens (including phenoxy) is 1. The maximum absolute atomic E-state index is 11.6. The Hall–Kier alpha value is -2.09. The Labute approximate surface area is 107 Å². The topological polar surface area (TPSA) is 26.3 Å². The number of benzene rings is 2. The average Bonchev–Trinajstić information content (AvgIpc) is 2.38. The van der Waals surface area contributed by atoms with Gasteiger partial charge in [0.25, 0.3) is 0 Å². The van der Waals surface area contributed by atoms with Gasteiger partial charge in [0, 0.05) is 5.39 Å². The summed E-state index contributed by atoms with van der Waals surface area (Å²) >= 11 is 0. The molecule has 0 aliphatic rings. The number of Topliss-reactive ketones (excluding diaryl/α,β-unsaturated/α-hetero) is 1. The predicted molar refractivity (Wildman–Crippen MR) is 74.3 cm³/mol. The highest BCUT2D eigenvalue weighted by molar-refractivity contribution is 6.03. The third-order valence-corrected chi connectivity index (χ3v) is 2.83. The summed E-state index contributed by atoms with van der Waals surface area (Å²) in [5, 5.41) is 2.06. The van der Waals surface area contributed by atoms with Crippen LogP contribution in [0.2, 0.25) is 0 Å². The van der Waals surface area contributed by atoms with Gasteiger partial charge in [0.15, 0.2) is 5.78 Å². The van der Waals surface area contributed by atoms with E-state index in [1.54, 1.807) is 13.0 Å². The zero-order chi connectivity index (χ0) is 13.0. The number of hydrogen-bond donors (Lipinski definition) is 0. The molecule has 0 unspecified atom stereocenters. The van der Waals surface area contributed by atoms with Crippen LogP contribution < -0.4 is 4.74 Å². The average molecular weight is 240 g/mol. The summed E-state index contributed by atoms with van der Waals surface area (Å²) in [6.07, 6.45) is 2.57. The first-order valence-corrected chi connectivity index (χ1v) is 6.00. The fourth-order valence-corrected chi connectivity index (χ4v) is 1.92. The highest BCUT2D eigenvalue weighted by Gasteiger charge is 2.12. The molecule has 0 N–H and O–H groups in total. The van der Waals surface area contributed by atoms with E-state index in [1.807, 2.05) is 36.4 Å². The van der Waals surface area contributed by atoms with Crippen molar-refractivity contribution in [2.75, 3.05) is 6.61 Å². The Bertz CT molecular complexity index is 585. The smallest absolute Gasteiger partial charge is 0.163 e. The van der Waals surface area contributed by atoms with Crippen LogP contribution in [0, 0.1) is 0 Å². The highest BCUT2D eigenvalue weighted by Crippen LogP contribution is 2.30. The summed E-state index contributed by atoms with van der Waals surface area (Å²) in [6, 6.07) is 11.7. The molecule has 2 nitrogen and oxygen atoms in total. The Kier molecular flexibility index (Phi) is 3.78. The molecule has 0 aromatic heterocycles. The molecule has 0 saturated heterocycles. The van der Waals surface area contributed by atoms with Crippen molar-refractivity contribution in [3.05, 3.63) is 54.6 Å². The number of hydrogen-bond acceptors (Lipinski definition) is 2. The van der Waals surface area contributed by atoms with Crippen LogP contribution in [0.5, 0.6) is 5.75 Å². The molecule has 0 atom stereocenters. The lowest BCUT2D eigenvalue weighted by atomic mass is 10.0. The SMILES string of the molecule is C=CCCOc1c(C(C)=O)ccc2ccccc12. The third-order valence-electron chi connectivity index (χ3n) is 2.83. The van der Waals surface area contributed by atoms with Crippen LogP contribution in [0.25, 0.3) is 10.8 Å². The molecule has 18 heavy (non-hydrogen) atoms. The summed E-state index contributed by atoms with van der Waals surface area (Å²) in [7, 11) is 0. The van der Waals surface area contributed by atoms with Crippen molar-refractivity contribution in [2.24, 2.45) is 0 Å². The molecule has 0 radical (unpaired) electrons. The molecule has 0 amide bonds. The quantitative estimate of drug-likeness (QED) is 0.448. The van der Waals surface area contributed by atoms with Gasteiger partial charge < -0.3 is 4.74 Å². The van der Waals surface area contributed by atoms with Gasteiger partial charge in [-0.3, -0.25) is 4.79 Å². The molecule has 0 saturated carbocycles. The summed E-state index contributed by atoms with van der Waals surface area (Å²) in [5.74, 6) is 0.705. The normalized spacial score (nSPS) is 10.3. The molecular formula is C16H16O2. The van der Waals surface area contributed by atoms with Gasteiger partial charge >= 0.3 is 0 Å². The van der Waals surface area contributed by atoms with Crippen LogP contribution in [-0.2, 0) is 0 Å². The van der Waals surface area contributed by atoms with E-state index in [-0.39, 0.29) is 5.78 Å². The van der Waals surface area contributed by atoms with Crippen molar-refractivity contribution >= 4 is 16.6 Å². The number of carbonyl (C=O) groups is 1. The number of carbonyl (C=O) groups excluding carboxylic acids is 1. The minimum atomic E-state index is 0.0226. The molecular weight excluding hydrogens is 224 g/mol. The summed E-state index contributed by atoms with van der Waals surface area (Å²) < 4.78 is 5.76. The van der Waals surface area contributed by atoms with Gasteiger partial charge in [-0.1, -0.05) is 36.4 Å². The van der Waals surface area contributed by atoms with E-state index in [9.17, 15) is 4.79 Å². The van der Waals surface area contributed by atoms with Crippen LogP contribution in [-0.4, -0.2) is 12.4 Å². The number of ketones is 1. The van der Waals surface area contributed by atoms with Gasteiger partial charge in [-0.05, 0) is 24.8 Å². The molecule has 0 fully saturated rings. The zero-order valence-corrected chi connectivity index (χ0v) is 10.5. The molecule has 0 spiro atoms. The lowest BCUT2D eigenvalue weighted by molar-refractivity contribution is 0.101. The van der Waals surface area contributed by atoms with Crippen molar-refractivity contribution in [3.63, 3.8) is 0 Å². The third kappa shape index (κ3) is 2.43. The fraction of sp³-hybridized carbons (Fsp3) is 0.188. The Balaban J connectivity index is 2.51. The molecule has 2 aromatic rings.